The van der Waals surface area contributed by atoms with E-state index in [1.807, 2.05) is 12.1 Å². The molecular formula is C18H19N3. The maximum Gasteiger partial charge on any atom is 0.156 e. The number of anilines is 1. The lowest BCUT2D eigenvalue weighted by Gasteiger charge is -2.10. The van der Waals surface area contributed by atoms with E-state index in [-0.39, 0.29) is 0 Å². The first-order valence-electron chi connectivity index (χ1n) is 7.42. The Bertz CT molecular complexity index is 765. The van der Waals surface area contributed by atoms with Crippen molar-refractivity contribution in [3.05, 3.63) is 54.1 Å². The zero-order valence-corrected chi connectivity index (χ0v) is 12.4. The van der Waals surface area contributed by atoms with Crippen LogP contribution in [0.4, 0.5) is 5.82 Å². The molecule has 0 amide bonds. The van der Waals surface area contributed by atoms with Crippen LogP contribution in [-0.4, -0.2) is 16.7 Å². The SMILES string of the molecule is CCNc1nnc(-c2cccc(CC)c2)c2ccccc12. The molecule has 1 heterocycles. The summed E-state index contributed by atoms with van der Waals surface area (Å²) < 4.78 is 0. The van der Waals surface area contributed by atoms with E-state index < -0.39 is 0 Å². The van der Waals surface area contributed by atoms with Crippen LogP contribution in [0.25, 0.3) is 22.0 Å². The lowest BCUT2D eigenvalue weighted by Crippen LogP contribution is -2.02. The van der Waals surface area contributed by atoms with Gasteiger partial charge in [0.2, 0.25) is 0 Å². The molecule has 0 saturated carbocycles. The van der Waals surface area contributed by atoms with Crippen LogP contribution in [0.15, 0.2) is 48.5 Å². The van der Waals surface area contributed by atoms with Crippen molar-refractivity contribution in [2.24, 2.45) is 0 Å². The van der Waals surface area contributed by atoms with Crippen LogP contribution in [0.2, 0.25) is 0 Å². The van der Waals surface area contributed by atoms with Crippen LogP contribution in [-0.2, 0) is 6.42 Å². The minimum atomic E-state index is 0.837. The van der Waals surface area contributed by atoms with Gasteiger partial charge < -0.3 is 5.32 Å². The molecule has 0 fully saturated rings. The number of fused-ring (bicyclic) bond motifs is 1. The van der Waals surface area contributed by atoms with Crippen LogP contribution in [0, 0.1) is 0 Å². The number of aryl methyl sites for hydroxylation is 1. The molecule has 0 radical (unpaired) electrons. The molecule has 3 nitrogen and oxygen atoms in total. The first-order valence-corrected chi connectivity index (χ1v) is 7.42. The van der Waals surface area contributed by atoms with Crippen molar-refractivity contribution in [3.63, 3.8) is 0 Å². The fraction of sp³-hybridized carbons (Fsp3) is 0.222. The van der Waals surface area contributed by atoms with E-state index in [0.29, 0.717) is 0 Å². The Morgan fingerprint density at radius 2 is 1.71 bits per heavy atom. The molecule has 106 valence electrons. The highest BCUT2D eigenvalue weighted by Crippen LogP contribution is 2.29. The quantitative estimate of drug-likeness (QED) is 0.773. The van der Waals surface area contributed by atoms with E-state index >= 15 is 0 Å². The predicted molar refractivity (Wildman–Crippen MR) is 88.5 cm³/mol. The largest absolute Gasteiger partial charge is 0.368 e. The molecule has 1 aromatic heterocycles. The zero-order chi connectivity index (χ0) is 14.7. The molecule has 0 bridgehead atoms. The molecule has 3 rings (SSSR count). The van der Waals surface area contributed by atoms with Gasteiger partial charge in [-0.25, -0.2) is 0 Å². The number of hydrogen-bond donors (Lipinski definition) is 1. The highest BCUT2D eigenvalue weighted by Gasteiger charge is 2.10. The fourth-order valence-electron chi connectivity index (χ4n) is 2.55. The zero-order valence-electron chi connectivity index (χ0n) is 12.4. The summed E-state index contributed by atoms with van der Waals surface area (Å²) >= 11 is 0. The Morgan fingerprint density at radius 1 is 0.905 bits per heavy atom. The van der Waals surface area contributed by atoms with Crippen molar-refractivity contribution in [2.45, 2.75) is 20.3 Å². The molecule has 0 saturated heterocycles. The van der Waals surface area contributed by atoms with Crippen molar-refractivity contribution < 1.29 is 0 Å². The molecule has 0 atom stereocenters. The Hall–Kier alpha value is -2.42. The minimum absolute atomic E-state index is 0.837. The summed E-state index contributed by atoms with van der Waals surface area (Å²) in [6.07, 6.45) is 1.02. The molecular weight excluding hydrogens is 258 g/mol. The van der Waals surface area contributed by atoms with E-state index in [2.05, 4.69) is 65.8 Å². The fourth-order valence-corrected chi connectivity index (χ4v) is 2.55. The van der Waals surface area contributed by atoms with Gasteiger partial charge in [-0.3, -0.25) is 0 Å². The summed E-state index contributed by atoms with van der Waals surface area (Å²) in [6, 6.07) is 16.8. The molecule has 1 N–H and O–H groups in total. The van der Waals surface area contributed by atoms with Gasteiger partial charge in [-0.05, 0) is 25.0 Å². The Balaban J connectivity index is 2.21. The number of rotatable bonds is 4. The number of hydrogen-bond acceptors (Lipinski definition) is 3. The summed E-state index contributed by atoms with van der Waals surface area (Å²) in [5.74, 6) is 0.850. The average molecular weight is 277 g/mol. The van der Waals surface area contributed by atoms with Crippen molar-refractivity contribution in [3.8, 4) is 11.3 Å². The van der Waals surface area contributed by atoms with Gasteiger partial charge in [0.25, 0.3) is 0 Å². The third kappa shape index (κ3) is 2.59. The first-order chi connectivity index (χ1) is 10.3. The summed E-state index contributed by atoms with van der Waals surface area (Å²) in [4.78, 5) is 0. The van der Waals surface area contributed by atoms with E-state index in [1.54, 1.807) is 0 Å². The third-order valence-corrected chi connectivity index (χ3v) is 3.64. The van der Waals surface area contributed by atoms with Crippen molar-refractivity contribution in [2.75, 3.05) is 11.9 Å². The molecule has 2 aromatic carbocycles. The van der Waals surface area contributed by atoms with Crippen LogP contribution < -0.4 is 5.32 Å². The second kappa shape index (κ2) is 5.92. The normalized spacial score (nSPS) is 10.8. The standard InChI is InChI=1S/C18H19N3/c1-3-13-8-7-9-14(12-13)17-15-10-5-6-11-16(15)18(19-4-2)21-20-17/h5-12H,3-4H2,1-2H3,(H,19,21). The highest BCUT2D eigenvalue weighted by molar-refractivity contribution is 6.00. The average Bonchev–Trinajstić information content (AvgIpc) is 2.55. The van der Waals surface area contributed by atoms with E-state index in [1.165, 1.54) is 5.56 Å². The molecule has 0 spiro atoms. The molecule has 3 aromatic rings. The topological polar surface area (TPSA) is 37.8 Å². The smallest absolute Gasteiger partial charge is 0.156 e. The minimum Gasteiger partial charge on any atom is -0.368 e. The lowest BCUT2D eigenvalue weighted by atomic mass is 10.0. The first kappa shape index (κ1) is 13.6. The summed E-state index contributed by atoms with van der Waals surface area (Å²) in [7, 11) is 0. The van der Waals surface area contributed by atoms with E-state index in [9.17, 15) is 0 Å². The van der Waals surface area contributed by atoms with Gasteiger partial charge in [-0.2, -0.15) is 0 Å². The maximum absolute atomic E-state index is 4.46. The Morgan fingerprint density at radius 3 is 2.48 bits per heavy atom. The van der Waals surface area contributed by atoms with Crippen molar-refractivity contribution >= 4 is 16.6 Å². The van der Waals surface area contributed by atoms with Gasteiger partial charge in [0, 0.05) is 22.9 Å². The second-order valence-corrected chi connectivity index (χ2v) is 5.03. The molecule has 3 heteroatoms. The lowest BCUT2D eigenvalue weighted by molar-refractivity contribution is 1.03. The predicted octanol–water partition coefficient (Wildman–Crippen LogP) is 4.29. The summed E-state index contributed by atoms with van der Waals surface area (Å²) in [6.45, 7) is 5.07. The number of nitrogens with one attached hydrogen (secondary N) is 1. The third-order valence-electron chi connectivity index (χ3n) is 3.64. The van der Waals surface area contributed by atoms with E-state index in [0.717, 1.165) is 40.8 Å². The van der Waals surface area contributed by atoms with Gasteiger partial charge >= 0.3 is 0 Å². The van der Waals surface area contributed by atoms with Crippen LogP contribution in [0.1, 0.15) is 19.4 Å². The van der Waals surface area contributed by atoms with Gasteiger partial charge in [-0.15, -0.1) is 10.2 Å². The molecule has 0 aliphatic heterocycles. The molecule has 0 aliphatic rings. The highest BCUT2D eigenvalue weighted by atomic mass is 15.2. The van der Waals surface area contributed by atoms with Crippen LogP contribution in [0.3, 0.4) is 0 Å². The van der Waals surface area contributed by atoms with Crippen molar-refractivity contribution in [1.82, 2.24) is 10.2 Å². The summed E-state index contributed by atoms with van der Waals surface area (Å²) in [5, 5.41) is 14.4. The van der Waals surface area contributed by atoms with Gasteiger partial charge in [0.05, 0.1) is 0 Å². The second-order valence-electron chi connectivity index (χ2n) is 5.03. The maximum atomic E-state index is 4.46. The molecule has 21 heavy (non-hydrogen) atoms. The Labute approximate surface area is 125 Å². The number of aromatic nitrogens is 2. The van der Waals surface area contributed by atoms with Gasteiger partial charge in [0.15, 0.2) is 5.82 Å². The number of benzene rings is 2. The van der Waals surface area contributed by atoms with Gasteiger partial charge in [0.1, 0.15) is 5.69 Å². The number of nitrogens with zero attached hydrogens (tertiary/aromatic N) is 2. The van der Waals surface area contributed by atoms with Crippen LogP contribution in [0.5, 0.6) is 0 Å². The van der Waals surface area contributed by atoms with E-state index in [4.69, 9.17) is 0 Å². The summed E-state index contributed by atoms with van der Waals surface area (Å²) in [5.41, 5.74) is 3.39. The monoisotopic (exact) mass is 277 g/mol. The molecule has 0 aliphatic carbocycles. The molecule has 0 unspecified atom stereocenters. The van der Waals surface area contributed by atoms with Crippen molar-refractivity contribution in [1.29, 1.82) is 0 Å². The Kier molecular flexibility index (Phi) is 3.82. The van der Waals surface area contributed by atoms with Crippen LogP contribution >= 0.6 is 0 Å². The van der Waals surface area contributed by atoms with Gasteiger partial charge in [-0.1, -0.05) is 49.4 Å².